The van der Waals surface area contributed by atoms with Crippen LogP contribution in [0.5, 0.6) is 0 Å². The smallest absolute Gasteiger partial charge is 0.325 e. The molecule has 1 fully saturated rings. The first-order chi connectivity index (χ1) is 10.3. The molecule has 1 aliphatic rings. The first-order valence-corrected chi connectivity index (χ1v) is 8.40. The van der Waals surface area contributed by atoms with E-state index in [9.17, 15) is 18.0 Å². The van der Waals surface area contributed by atoms with Gasteiger partial charge in [0.2, 0.25) is 10.0 Å². The van der Waals surface area contributed by atoms with Crippen LogP contribution in [0.2, 0.25) is 0 Å². The van der Waals surface area contributed by atoms with Gasteiger partial charge in [-0.15, -0.1) is 0 Å². The molecule has 0 saturated carbocycles. The molecule has 1 heterocycles. The third-order valence-electron chi connectivity index (χ3n) is 3.54. The number of amides is 1. The molecule has 0 aliphatic carbocycles. The largest absolute Gasteiger partial charge is 0.480 e. The van der Waals surface area contributed by atoms with E-state index in [0.717, 1.165) is 12.8 Å². The van der Waals surface area contributed by atoms with Crippen molar-refractivity contribution in [2.75, 3.05) is 13.1 Å². The van der Waals surface area contributed by atoms with Crippen molar-refractivity contribution in [3.8, 4) is 0 Å². The van der Waals surface area contributed by atoms with Crippen molar-refractivity contribution in [3.63, 3.8) is 0 Å². The lowest BCUT2D eigenvalue weighted by Crippen LogP contribution is -2.38. The SMILES string of the molecule is C[C@H](NC(=O)c1ccc(S(=O)(=O)N2CCCC2)cc1)C(=O)O. The Morgan fingerprint density at radius 1 is 1.18 bits per heavy atom. The molecule has 0 spiro atoms. The summed E-state index contributed by atoms with van der Waals surface area (Å²) in [6, 6.07) is 4.49. The Balaban J connectivity index is 2.13. The standard InChI is InChI=1S/C14H18N2O5S/c1-10(14(18)19)15-13(17)11-4-6-12(7-5-11)22(20,21)16-8-2-3-9-16/h4-7,10H,2-3,8-9H2,1H3,(H,15,17)(H,18,19)/t10-/m0/s1. The van der Waals surface area contributed by atoms with Gasteiger partial charge in [0, 0.05) is 18.7 Å². The highest BCUT2D eigenvalue weighted by Gasteiger charge is 2.27. The van der Waals surface area contributed by atoms with E-state index in [1.165, 1.54) is 35.5 Å². The molecule has 7 nitrogen and oxygen atoms in total. The zero-order chi connectivity index (χ0) is 16.3. The average molecular weight is 326 g/mol. The Morgan fingerprint density at radius 3 is 2.23 bits per heavy atom. The van der Waals surface area contributed by atoms with Crippen LogP contribution in [-0.4, -0.2) is 48.8 Å². The van der Waals surface area contributed by atoms with Gasteiger partial charge < -0.3 is 10.4 Å². The Labute approximate surface area is 129 Å². The molecule has 0 bridgehead atoms. The minimum Gasteiger partial charge on any atom is -0.480 e. The number of hydrogen-bond donors (Lipinski definition) is 2. The molecule has 8 heteroatoms. The van der Waals surface area contributed by atoms with Crippen molar-refractivity contribution in [1.82, 2.24) is 9.62 Å². The Morgan fingerprint density at radius 2 is 1.73 bits per heavy atom. The molecule has 120 valence electrons. The van der Waals surface area contributed by atoms with E-state index in [-0.39, 0.29) is 10.5 Å². The monoisotopic (exact) mass is 326 g/mol. The van der Waals surface area contributed by atoms with E-state index in [1.54, 1.807) is 0 Å². The van der Waals surface area contributed by atoms with Crippen molar-refractivity contribution in [2.24, 2.45) is 0 Å². The van der Waals surface area contributed by atoms with E-state index >= 15 is 0 Å². The fourth-order valence-corrected chi connectivity index (χ4v) is 3.71. The van der Waals surface area contributed by atoms with Crippen molar-refractivity contribution < 1.29 is 23.1 Å². The van der Waals surface area contributed by atoms with Crippen LogP contribution in [0.4, 0.5) is 0 Å². The lowest BCUT2D eigenvalue weighted by molar-refractivity contribution is -0.138. The van der Waals surface area contributed by atoms with Gasteiger partial charge in [-0.25, -0.2) is 8.42 Å². The van der Waals surface area contributed by atoms with Crippen LogP contribution < -0.4 is 5.32 Å². The summed E-state index contributed by atoms with van der Waals surface area (Å²) in [5, 5.41) is 11.1. The number of benzene rings is 1. The van der Waals surface area contributed by atoms with Crippen molar-refractivity contribution in [2.45, 2.75) is 30.7 Å². The molecule has 1 aromatic carbocycles. The highest BCUT2D eigenvalue weighted by atomic mass is 32.2. The second-order valence-corrected chi connectivity index (χ2v) is 7.11. The summed E-state index contributed by atoms with van der Waals surface area (Å²) in [7, 11) is -3.51. The van der Waals surface area contributed by atoms with Crippen LogP contribution in [0.3, 0.4) is 0 Å². The van der Waals surface area contributed by atoms with E-state index in [4.69, 9.17) is 5.11 Å². The second-order valence-electron chi connectivity index (χ2n) is 5.17. The first-order valence-electron chi connectivity index (χ1n) is 6.96. The minimum absolute atomic E-state index is 0.136. The summed E-state index contributed by atoms with van der Waals surface area (Å²) in [6.07, 6.45) is 1.71. The molecular formula is C14H18N2O5S. The van der Waals surface area contributed by atoms with E-state index in [1.807, 2.05) is 0 Å². The van der Waals surface area contributed by atoms with Crippen molar-refractivity contribution >= 4 is 21.9 Å². The van der Waals surface area contributed by atoms with Gasteiger partial charge in [-0.3, -0.25) is 9.59 Å². The van der Waals surface area contributed by atoms with E-state index in [2.05, 4.69) is 5.32 Å². The number of aliphatic carboxylic acids is 1. The average Bonchev–Trinajstić information content (AvgIpc) is 3.02. The number of carbonyl (C=O) groups is 2. The van der Waals surface area contributed by atoms with Gasteiger partial charge in [-0.1, -0.05) is 0 Å². The molecule has 1 amide bonds. The highest BCUT2D eigenvalue weighted by Crippen LogP contribution is 2.21. The maximum Gasteiger partial charge on any atom is 0.325 e. The van der Waals surface area contributed by atoms with Crippen molar-refractivity contribution in [3.05, 3.63) is 29.8 Å². The van der Waals surface area contributed by atoms with Gasteiger partial charge in [0.1, 0.15) is 6.04 Å². The molecule has 1 saturated heterocycles. The van der Waals surface area contributed by atoms with Gasteiger partial charge in [-0.2, -0.15) is 4.31 Å². The lowest BCUT2D eigenvalue weighted by atomic mass is 10.2. The Hall–Kier alpha value is -1.93. The molecule has 0 unspecified atom stereocenters. The summed E-state index contributed by atoms with van der Waals surface area (Å²) in [5.74, 6) is -1.69. The van der Waals surface area contributed by atoms with E-state index < -0.39 is 27.9 Å². The highest BCUT2D eigenvalue weighted by molar-refractivity contribution is 7.89. The molecule has 2 rings (SSSR count). The fourth-order valence-electron chi connectivity index (χ4n) is 2.20. The van der Waals surface area contributed by atoms with Crippen LogP contribution in [0.15, 0.2) is 29.2 Å². The number of sulfonamides is 1. The summed E-state index contributed by atoms with van der Waals surface area (Å²) in [6.45, 7) is 2.38. The molecule has 2 N–H and O–H groups in total. The number of carbonyl (C=O) groups excluding carboxylic acids is 1. The maximum absolute atomic E-state index is 12.3. The predicted octanol–water partition coefficient (Wildman–Crippen LogP) is 0.674. The quantitative estimate of drug-likeness (QED) is 0.828. The number of rotatable bonds is 5. The van der Waals surface area contributed by atoms with Crippen LogP contribution in [-0.2, 0) is 14.8 Å². The van der Waals surface area contributed by atoms with E-state index in [0.29, 0.717) is 13.1 Å². The summed E-state index contributed by atoms with van der Waals surface area (Å²) < 4.78 is 26.1. The predicted molar refractivity (Wildman–Crippen MR) is 79.0 cm³/mol. The molecule has 22 heavy (non-hydrogen) atoms. The third kappa shape index (κ3) is 3.45. The van der Waals surface area contributed by atoms with Gasteiger partial charge in [0.05, 0.1) is 4.90 Å². The normalized spacial score (nSPS) is 17.1. The Bertz CT molecular complexity index is 663. The van der Waals surface area contributed by atoms with Crippen LogP contribution >= 0.6 is 0 Å². The van der Waals surface area contributed by atoms with Crippen LogP contribution in [0, 0.1) is 0 Å². The number of nitrogens with one attached hydrogen (secondary N) is 1. The lowest BCUT2D eigenvalue weighted by Gasteiger charge is -2.15. The second kappa shape index (κ2) is 6.45. The minimum atomic E-state index is -3.51. The third-order valence-corrected chi connectivity index (χ3v) is 5.45. The molecular weight excluding hydrogens is 308 g/mol. The fraction of sp³-hybridized carbons (Fsp3) is 0.429. The number of hydrogen-bond acceptors (Lipinski definition) is 4. The van der Waals surface area contributed by atoms with Gasteiger partial charge in [0.15, 0.2) is 0 Å². The van der Waals surface area contributed by atoms with Gasteiger partial charge >= 0.3 is 5.97 Å². The van der Waals surface area contributed by atoms with Crippen LogP contribution in [0.25, 0.3) is 0 Å². The maximum atomic E-state index is 12.3. The molecule has 1 atom stereocenters. The van der Waals surface area contributed by atoms with Crippen LogP contribution in [0.1, 0.15) is 30.1 Å². The summed E-state index contributed by atoms with van der Waals surface area (Å²) in [4.78, 5) is 22.7. The molecule has 0 aromatic heterocycles. The Kier molecular flexibility index (Phi) is 4.82. The van der Waals surface area contributed by atoms with Gasteiger partial charge in [-0.05, 0) is 44.0 Å². The van der Waals surface area contributed by atoms with Gasteiger partial charge in [0.25, 0.3) is 5.91 Å². The molecule has 0 radical (unpaired) electrons. The molecule has 1 aliphatic heterocycles. The number of nitrogens with zero attached hydrogens (tertiary/aromatic N) is 1. The number of carboxylic acid groups (broad SMARTS) is 1. The topological polar surface area (TPSA) is 104 Å². The summed E-state index contributed by atoms with van der Waals surface area (Å²) >= 11 is 0. The molecule has 1 aromatic rings. The first kappa shape index (κ1) is 16.4. The zero-order valence-electron chi connectivity index (χ0n) is 12.2. The van der Waals surface area contributed by atoms with Crippen molar-refractivity contribution in [1.29, 1.82) is 0 Å². The number of carboxylic acids is 1. The summed E-state index contributed by atoms with van der Waals surface area (Å²) in [5.41, 5.74) is 0.216. The zero-order valence-corrected chi connectivity index (χ0v) is 13.0.